The van der Waals surface area contributed by atoms with Gasteiger partial charge >= 0.3 is 0 Å². The first-order valence-electron chi connectivity index (χ1n) is 7.73. The third-order valence-electron chi connectivity index (χ3n) is 3.51. The molecule has 0 saturated heterocycles. The van der Waals surface area contributed by atoms with E-state index in [4.69, 9.17) is 11.6 Å². The predicted octanol–water partition coefficient (Wildman–Crippen LogP) is 4.68. The summed E-state index contributed by atoms with van der Waals surface area (Å²) in [6.07, 6.45) is 3.49. The Morgan fingerprint density at radius 2 is 1.88 bits per heavy atom. The summed E-state index contributed by atoms with van der Waals surface area (Å²) in [5.41, 5.74) is 3.69. The molecule has 122 valence electrons. The molecule has 1 aromatic carbocycles. The SMILES string of the molecule is CCNc1nc(Nc2c(C)cccc2Cl)cc(-c2ccncc2)n1. The fraction of sp³-hybridized carbons (Fsp3) is 0.167. The van der Waals surface area contributed by atoms with Gasteiger partial charge in [0.15, 0.2) is 0 Å². The van der Waals surface area contributed by atoms with Crippen LogP contribution in [0.2, 0.25) is 5.02 Å². The molecule has 2 heterocycles. The summed E-state index contributed by atoms with van der Waals surface area (Å²) in [5.74, 6) is 1.25. The third kappa shape index (κ3) is 3.63. The summed E-state index contributed by atoms with van der Waals surface area (Å²) < 4.78 is 0. The minimum atomic E-state index is 0.569. The van der Waals surface area contributed by atoms with E-state index in [9.17, 15) is 0 Å². The first-order chi connectivity index (χ1) is 11.7. The van der Waals surface area contributed by atoms with Crippen molar-refractivity contribution in [3.05, 3.63) is 59.4 Å². The van der Waals surface area contributed by atoms with Crippen LogP contribution in [0.3, 0.4) is 0 Å². The lowest BCUT2D eigenvalue weighted by Crippen LogP contribution is -2.06. The molecule has 3 rings (SSSR count). The van der Waals surface area contributed by atoms with Crippen molar-refractivity contribution >= 4 is 29.1 Å². The molecule has 2 N–H and O–H groups in total. The van der Waals surface area contributed by atoms with E-state index in [2.05, 4.69) is 25.6 Å². The number of halogens is 1. The largest absolute Gasteiger partial charge is 0.354 e. The number of hydrogen-bond donors (Lipinski definition) is 2. The number of aromatic nitrogens is 3. The van der Waals surface area contributed by atoms with Gasteiger partial charge in [0.25, 0.3) is 0 Å². The standard InChI is InChI=1S/C18H18ClN5/c1-3-21-18-22-15(13-7-9-20-10-8-13)11-16(24-18)23-17-12(2)5-4-6-14(17)19/h4-11H,3H2,1-2H3,(H2,21,22,23,24). The van der Waals surface area contributed by atoms with Crippen molar-refractivity contribution < 1.29 is 0 Å². The van der Waals surface area contributed by atoms with Crippen LogP contribution in [-0.2, 0) is 0 Å². The van der Waals surface area contributed by atoms with Gasteiger partial charge in [-0.15, -0.1) is 0 Å². The fourth-order valence-corrected chi connectivity index (χ4v) is 2.61. The Hall–Kier alpha value is -2.66. The van der Waals surface area contributed by atoms with Crippen LogP contribution >= 0.6 is 11.6 Å². The van der Waals surface area contributed by atoms with Crippen molar-refractivity contribution in [2.24, 2.45) is 0 Å². The van der Waals surface area contributed by atoms with E-state index in [1.165, 1.54) is 0 Å². The Morgan fingerprint density at radius 1 is 1.08 bits per heavy atom. The first kappa shape index (κ1) is 16.2. The van der Waals surface area contributed by atoms with Crippen molar-refractivity contribution in [1.82, 2.24) is 15.0 Å². The van der Waals surface area contributed by atoms with Gasteiger partial charge in [-0.3, -0.25) is 4.98 Å². The summed E-state index contributed by atoms with van der Waals surface area (Å²) >= 11 is 6.31. The second kappa shape index (κ2) is 7.27. The smallest absolute Gasteiger partial charge is 0.225 e. The van der Waals surface area contributed by atoms with Crippen LogP contribution in [0.15, 0.2) is 48.8 Å². The highest BCUT2D eigenvalue weighted by Crippen LogP contribution is 2.29. The van der Waals surface area contributed by atoms with Crippen LogP contribution < -0.4 is 10.6 Å². The van der Waals surface area contributed by atoms with Crippen LogP contribution in [0.1, 0.15) is 12.5 Å². The topological polar surface area (TPSA) is 62.7 Å². The molecule has 0 aliphatic rings. The lowest BCUT2D eigenvalue weighted by Gasteiger charge is -2.13. The number of para-hydroxylation sites is 1. The van der Waals surface area contributed by atoms with E-state index in [0.29, 0.717) is 16.8 Å². The van der Waals surface area contributed by atoms with Gasteiger partial charge in [-0.05, 0) is 37.6 Å². The van der Waals surface area contributed by atoms with Gasteiger partial charge in [0, 0.05) is 30.6 Å². The zero-order valence-electron chi connectivity index (χ0n) is 13.5. The molecule has 0 spiro atoms. The first-order valence-corrected chi connectivity index (χ1v) is 8.10. The molecule has 0 aliphatic heterocycles. The van der Waals surface area contributed by atoms with E-state index < -0.39 is 0 Å². The number of pyridine rings is 1. The van der Waals surface area contributed by atoms with Crippen LogP contribution in [0.4, 0.5) is 17.5 Å². The normalized spacial score (nSPS) is 10.5. The second-order valence-corrected chi connectivity index (χ2v) is 5.69. The van der Waals surface area contributed by atoms with E-state index in [1.807, 2.05) is 50.2 Å². The number of anilines is 3. The number of aryl methyl sites for hydroxylation is 1. The lowest BCUT2D eigenvalue weighted by atomic mass is 10.2. The predicted molar refractivity (Wildman–Crippen MR) is 98.9 cm³/mol. The van der Waals surface area contributed by atoms with Crippen LogP contribution in [0.25, 0.3) is 11.3 Å². The molecule has 3 aromatic rings. The van der Waals surface area contributed by atoms with Crippen molar-refractivity contribution in [1.29, 1.82) is 0 Å². The average molecular weight is 340 g/mol. The van der Waals surface area contributed by atoms with Gasteiger partial charge in [0.1, 0.15) is 5.82 Å². The maximum atomic E-state index is 6.31. The molecule has 0 atom stereocenters. The highest BCUT2D eigenvalue weighted by Gasteiger charge is 2.09. The molecule has 2 aromatic heterocycles. The molecular weight excluding hydrogens is 322 g/mol. The highest BCUT2D eigenvalue weighted by atomic mass is 35.5. The summed E-state index contributed by atoms with van der Waals surface area (Å²) in [6, 6.07) is 11.5. The molecule has 0 aliphatic carbocycles. The van der Waals surface area contributed by atoms with Gasteiger partial charge in [-0.1, -0.05) is 23.7 Å². The van der Waals surface area contributed by atoms with E-state index in [-0.39, 0.29) is 0 Å². The van der Waals surface area contributed by atoms with Gasteiger partial charge in [0.2, 0.25) is 5.95 Å². The van der Waals surface area contributed by atoms with Crippen LogP contribution in [0, 0.1) is 6.92 Å². The Kier molecular flexibility index (Phi) is 4.91. The maximum absolute atomic E-state index is 6.31. The number of benzene rings is 1. The lowest BCUT2D eigenvalue weighted by molar-refractivity contribution is 1.09. The molecule has 0 bridgehead atoms. The van der Waals surface area contributed by atoms with Crippen LogP contribution in [-0.4, -0.2) is 21.5 Å². The van der Waals surface area contributed by atoms with Crippen molar-refractivity contribution in [2.75, 3.05) is 17.2 Å². The molecule has 5 nitrogen and oxygen atoms in total. The Morgan fingerprint density at radius 3 is 2.58 bits per heavy atom. The maximum Gasteiger partial charge on any atom is 0.225 e. The van der Waals surface area contributed by atoms with E-state index in [0.717, 1.165) is 29.1 Å². The van der Waals surface area contributed by atoms with Crippen molar-refractivity contribution in [3.8, 4) is 11.3 Å². The quantitative estimate of drug-likeness (QED) is 0.707. The Bertz CT molecular complexity index is 816. The third-order valence-corrected chi connectivity index (χ3v) is 3.83. The van der Waals surface area contributed by atoms with Crippen molar-refractivity contribution in [2.45, 2.75) is 13.8 Å². The van der Waals surface area contributed by atoms with Gasteiger partial charge < -0.3 is 10.6 Å². The second-order valence-electron chi connectivity index (χ2n) is 5.28. The Labute approximate surface area is 146 Å². The molecule has 0 fully saturated rings. The van der Waals surface area contributed by atoms with Gasteiger partial charge in [-0.25, -0.2) is 4.98 Å². The van der Waals surface area contributed by atoms with E-state index >= 15 is 0 Å². The van der Waals surface area contributed by atoms with Gasteiger partial charge in [-0.2, -0.15) is 4.98 Å². The molecule has 0 radical (unpaired) electrons. The van der Waals surface area contributed by atoms with Gasteiger partial charge in [0.05, 0.1) is 16.4 Å². The number of nitrogens with one attached hydrogen (secondary N) is 2. The molecular formula is C18H18ClN5. The molecule has 24 heavy (non-hydrogen) atoms. The van der Waals surface area contributed by atoms with E-state index in [1.54, 1.807) is 12.4 Å². The minimum Gasteiger partial charge on any atom is -0.354 e. The fourth-order valence-electron chi connectivity index (χ4n) is 2.34. The molecule has 0 unspecified atom stereocenters. The summed E-state index contributed by atoms with van der Waals surface area (Å²) in [5, 5.41) is 7.13. The average Bonchev–Trinajstić information content (AvgIpc) is 2.59. The highest BCUT2D eigenvalue weighted by molar-refractivity contribution is 6.33. The minimum absolute atomic E-state index is 0.569. The summed E-state index contributed by atoms with van der Waals surface area (Å²) in [6.45, 7) is 4.75. The zero-order chi connectivity index (χ0) is 16.9. The number of nitrogens with zero attached hydrogens (tertiary/aromatic N) is 3. The Balaban J connectivity index is 2.02. The number of rotatable bonds is 5. The van der Waals surface area contributed by atoms with Crippen LogP contribution in [0.5, 0.6) is 0 Å². The van der Waals surface area contributed by atoms with Crippen molar-refractivity contribution in [3.63, 3.8) is 0 Å². The molecule has 0 amide bonds. The number of hydrogen-bond acceptors (Lipinski definition) is 5. The zero-order valence-corrected chi connectivity index (χ0v) is 14.3. The summed E-state index contributed by atoms with van der Waals surface area (Å²) in [4.78, 5) is 13.1. The molecule has 6 heteroatoms. The molecule has 0 saturated carbocycles. The monoisotopic (exact) mass is 339 g/mol. The summed E-state index contributed by atoms with van der Waals surface area (Å²) in [7, 11) is 0.